The van der Waals surface area contributed by atoms with Crippen LogP contribution in [0.25, 0.3) is 6.08 Å². The van der Waals surface area contributed by atoms with Gasteiger partial charge in [-0.3, -0.25) is 5.84 Å². The van der Waals surface area contributed by atoms with Gasteiger partial charge in [-0.05, 0) is 12.5 Å². The number of methoxy groups -OCH3 is 1. The minimum atomic E-state index is -3.56. The van der Waals surface area contributed by atoms with E-state index in [2.05, 4.69) is 6.92 Å². The van der Waals surface area contributed by atoms with Gasteiger partial charge in [0.15, 0.2) is 0 Å². The molecule has 0 aromatic heterocycles. The largest absolute Gasteiger partial charge is 0.496 e. The van der Waals surface area contributed by atoms with Crippen molar-refractivity contribution < 1.29 is 13.2 Å². The molecule has 1 aromatic rings. The molecule has 0 bridgehead atoms. The van der Waals surface area contributed by atoms with Crippen LogP contribution in [0.15, 0.2) is 30.3 Å². The highest BCUT2D eigenvalue weighted by molar-refractivity contribution is 7.90. The topological polar surface area (TPSA) is 81.4 Å². The number of hydrazine groups is 1. The number of para-hydroxylation sites is 1. The van der Waals surface area contributed by atoms with E-state index in [4.69, 9.17) is 10.6 Å². The average molecular weight is 439 g/mol. The predicted octanol–water partition coefficient (Wildman–Crippen LogP) is 5.96. The fourth-order valence-electron chi connectivity index (χ4n) is 3.64. The van der Waals surface area contributed by atoms with Crippen LogP contribution < -0.4 is 15.4 Å². The Labute approximate surface area is 184 Å². The third-order valence-corrected chi connectivity index (χ3v) is 7.05. The molecule has 0 aliphatic rings. The van der Waals surface area contributed by atoms with E-state index in [0.717, 1.165) is 30.6 Å². The number of ether oxygens (including phenoxy) is 1. The zero-order valence-corrected chi connectivity index (χ0v) is 19.8. The maximum absolute atomic E-state index is 12.3. The van der Waals surface area contributed by atoms with Crippen LogP contribution >= 0.6 is 0 Å². The first kappa shape index (κ1) is 26.7. The number of nitrogens with two attached hydrogens (primary N) is 1. The number of hydrogen-bond acceptors (Lipinski definition) is 4. The lowest BCUT2D eigenvalue weighted by molar-refractivity contribution is 0.414. The van der Waals surface area contributed by atoms with Crippen molar-refractivity contribution in [3.05, 3.63) is 35.9 Å². The fourth-order valence-corrected chi connectivity index (χ4v) is 4.58. The minimum Gasteiger partial charge on any atom is -0.496 e. The molecule has 0 saturated carbocycles. The van der Waals surface area contributed by atoms with E-state index in [1.165, 1.54) is 57.8 Å². The number of nitrogens with one attached hydrogen (secondary N) is 1. The zero-order chi connectivity index (χ0) is 22.1. The van der Waals surface area contributed by atoms with E-state index in [-0.39, 0.29) is 0 Å². The van der Waals surface area contributed by atoms with Crippen LogP contribution in [-0.4, -0.2) is 20.8 Å². The van der Waals surface area contributed by atoms with Gasteiger partial charge in [0, 0.05) is 5.56 Å². The standard InChI is InChI=1S/C24H42N2O3S/c1-3-4-5-6-7-8-9-10-11-12-13-14-18-23(30(27,28)26-25)21-20-22-17-15-16-19-24(22)29-2/h15-17,19-21,23,26H,3-14,18,25H2,1-2H3/b21-20+. The molecule has 172 valence electrons. The van der Waals surface area contributed by atoms with Crippen molar-refractivity contribution in [1.82, 2.24) is 4.83 Å². The lowest BCUT2D eigenvalue weighted by Gasteiger charge is -2.13. The second-order valence-electron chi connectivity index (χ2n) is 7.98. The lowest BCUT2D eigenvalue weighted by Crippen LogP contribution is -2.37. The maximum atomic E-state index is 12.3. The smallest absolute Gasteiger partial charge is 0.230 e. The molecule has 1 rings (SSSR count). The number of rotatable bonds is 18. The van der Waals surface area contributed by atoms with Crippen LogP contribution in [0.3, 0.4) is 0 Å². The first-order valence-electron chi connectivity index (χ1n) is 11.6. The van der Waals surface area contributed by atoms with Gasteiger partial charge in [-0.2, -0.15) is 4.83 Å². The molecular weight excluding hydrogens is 396 g/mol. The van der Waals surface area contributed by atoms with E-state index in [0.29, 0.717) is 6.42 Å². The summed E-state index contributed by atoms with van der Waals surface area (Å²) in [4.78, 5) is 1.99. The minimum absolute atomic E-state index is 0.565. The molecule has 0 aliphatic heterocycles. The number of sulfonamides is 1. The molecule has 5 nitrogen and oxygen atoms in total. The summed E-state index contributed by atoms with van der Waals surface area (Å²) in [5.41, 5.74) is 0.854. The molecule has 3 N–H and O–H groups in total. The summed E-state index contributed by atoms with van der Waals surface area (Å²) in [5.74, 6) is 5.99. The second-order valence-corrected chi connectivity index (χ2v) is 9.91. The van der Waals surface area contributed by atoms with Crippen molar-refractivity contribution in [2.45, 2.75) is 95.6 Å². The molecule has 1 unspecified atom stereocenters. The molecule has 0 radical (unpaired) electrons. The molecule has 30 heavy (non-hydrogen) atoms. The van der Waals surface area contributed by atoms with E-state index >= 15 is 0 Å². The summed E-state index contributed by atoms with van der Waals surface area (Å²) in [6.07, 6.45) is 19.1. The summed E-state index contributed by atoms with van der Waals surface area (Å²) in [6.45, 7) is 2.25. The Morgan fingerprint density at radius 1 is 0.933 bits per heavy atom. The number of unbranched alkanes of at least 4 members (excludes halogenated alkanes) is 11. The quantitative estimate of drug-likeness (QED) is 0.168. The van der Waals surface area contributed by atoms with E-state index in [9.17, 15) is 8.42 Å². The van der Waals surface area contributed by atoms with Gasteiger partial charge in [0.25, 0.3) is 0 Å². The molecular formula is C24H42N2O3S. The van der Waals surface area contributed by atoms with Crippen molar-refractivity contribution in [1.29, 1.82) is 0 Å². The highest BCUT2D eigenvalue weighted by Gasteiger charge is 2.21. The molecule has 0 aliphatic carbocycles. The first-order chi connectivity index (χ1) is 14.5. The monoisotopic (exact) mass is 438 g/mol. The Bertz CT molecular complexity index is 689. The zero-order valence-electron chi connectivity index (χ0n) is 18.9. The number of hydrogen-bond donors (Lipinski definition) is 2. The fraction of sp³-hybridized carbons (Fsp3) is 0.667. The molecule has 0 heterocycles. The average Bonchev–Trinajstić information content (AvgIpc) is 2.76. The molecule has 6 heteroatoms. The van der Waals surface area contributed by atoms with Gasteiger partial charge in [0.1, 0.15) is 5.75 Å². The Morgan fingerprint density at radius 2 is 1.47 bits per heavy atom. The van der Waals surface area contributed by atoms with Crippen LogP contribution in [0.4, 0.5) is 0 Å². The normalized spacial score (nSPS) is 13.0. The van der Waals surface area contributed by atoms with E-state index in [1.807, 2.05) is 29.1 Å². The number of benzene rings is 1. The van der Waals surface area contributed by atoms with Gasteiger partial charge in [-0.25, -0.2) is 8.42 Å². The molecule has 1 atom stereocenters. The Balaban J connectivity index is 2.33. The highest BCUT2D eigenvalue weighted by Crippen LogP contribution is 2.21. The third-order valence-electron chi connectivity index (χ3n) is 5.53. The molecule has 1 aromatic carbocycles. The van der Waals surface area contributed by atoms with Crippen molar-refractivity contribution in [3.63, 3.8) is 0 Å². The summed E-state index contributed by atoms with van der Waals surface area (Å²) in [7, 11) is -1.96. The van der Waals surface area contributed by atoms with Crippen LogP contribution in [-0.2, 0) is 10.0 Å². The maximum Gasteiger partial charge on any atom is 0.230 e. The third kappa shape index (κ3) is 11.1. The van der Waals surface area contributed by atoms with Gasteiger partial charge < -0.3 is 4.74 Å². The molecule has 0 fully saturated rings. The lowest BCUT2D eigenvalue weighted by atomic mass is 10.0. The Hall–Kier alpha value is -1.37. The van der Waals surface area contributed by atoms with Crippen molar-refractivity contribution in [2.75, 3.05) is 7.11 Å². The molecule has 0 spiro atoms. The molecule has 0 saturated heterocycles. The Morgan fingerprint density at radius 3 is 2.00 bits per heavy atom. The van der Waals surface area contributed by atoms with Crippen LogP contribution in [0.1, 0.15) is 96.0 Å². The summed E-state index contributed by atoms with van der Waals surface area (Å²) in [5, 5.41) is -0.643. The van der Waals surface area contributed by atoms with Gasteiger partial charge in [0.05, 0.1) is 12.4 Å². The summed E-state index contributed by atoms with van der Waals surface area (Å²) >= 11 is 0. The van der Waals surface area contributed by atoms with Gasteiger partial charge in [-0.15, -0.1) is 0 Å². The molecule has 0 amide bonds. The van der Waals surface area contributed by atoms with Gasteiger partial charge in [-0.1, -0.05) is 114 Å². The first-order valence-corrected chi connectivity index (χ1v) is 13.1. The van der Waals surface area contributed by atoms with Crippen LogP contribution in [0.5, 0.6) is 5.75 Å². The van der Waals surface area contributed by atoms with Gasteiger partial charge in [0.2, 0.25) is 10.0 Å². The summed E-state index contributed by atoms with van der Waals surface area (Å²) < 4.78 is 29.9. The SMILES string of the molecule is CCCCCCCCCCCCCCC(/C=C/c1ccccc1OC)S(=O)(=O)NN. The van der Waals surface area contributed by atoms with Crippen LogP contribution in [0.2, 0.25) is 0 Å². The predicted molar refractivity (Wildman–Crippen MR) is 128 cm³/mol. The van der Waals surface area contributed by atoms with E-state index < -0.39 is 15.3 Å². The van der Waals surface area contributed by atoms with Crippen molar-refractivity contribution >= 4 is 16.1 Å². The second kappa shape index (κ2) is 16.3. The Kier molecular flexibility index (Phi) is 14.5. The van der Waals surface area contributed by atoms with Crippen molar-refractivity contribution in [3.8, 4) is 5.75 Å². The van der Waals surface area contributed by atoms with E-state index in [1.54, 1.807) is 19.3 Å². The van der Waals surface area contributed by atoms with Gasteiger partial charge >= 0.3 is 0 Å². The highest BCUT2D eigenvalue weighted by atomic mass is 32.2. The van der Waals surface area contributed by atoms with Crippen LogP contribution in [0, 0.1) is 0 Å². The van der Waals surface area contributed by atoms with Crippen molar-refractivity contribution in [2.24, 2.45) is 5.84 Å². The summed E-state index contributed by atoms with van der Waals surface area (Å²) in [6, 6.07) is 7.55.